The molecule has 7 nitrogen and oxygen atoms in total. The average molecular weight is 358 g/mol. The van der Waals surface area contributed by atoms with Crippen LogP contribution < -0.4 is 29.6 Å². The summed E-state index contributed by atoms with van der Waals surface area (Å²) in [6.07, 6.45) is 0. The molecule has 0 saturated carbocycles. The Hall–Kier alpha value is -3.09. The maximum absolute atomic E-state index is 12.5. The molecule has 3 rings (SSSR count). The Bertz CT molecular complexity index is 793. The van der Waals surface area contributed by atoms with Crippen LogP contribution in [0.2, 0.25) is 0 Å². The van der Waals surface area contributed by atoms with Crippen LogP contribution in [0.5, 0.6) is 23.0 Å². The van der Waals surface area contributed by atoms with Gasteiger partial charge in [0.15, 0.2) is 23.0 Å². The normalized spacial score (nSPS) is 13.5. The summed E-state index contributed by atoms with van der Waals surface area (Å²) in [6.45, 7) is 2.82. The number of fused-ring (bicyclic) bond motifs is 1. The van der Waals surface area contributed by atoms with Gasteiger partial charge in [-0.2, -0.15) is 0 Å². The molecule has 0 aliphatic carbocycles. The molecule has 2 aromatic carbocycles. The third-order valence-corrected chi connectivity index (χ3v) is 3.97. The molecule has 1 aliphatic heterocycles. The van der Waals surface area contributed by atoms with Gasteiger partial charge >= 0.3 is 0 Å². The number of rotatable bonds is 6. The molecule has 0 saturated heterocycles. The summed E-state index contributed by atoms with van der Waals surface area (Å²) in [5.74, 6) is 2.38. The summed E-state index contributed by atoms with van der Waals surface area (Å²) in [4.78, 5) is 12.5. The molecular formula is C19H22N2O5. The molecule has 0 unspecified atom stereocenters. The summed E-state index contributed by atoms with van der Waals surface area (Å²) in [5.41, 5.74) is 1.41. The van der Waals surface area contributed by atoms with E-state index < -0.39 is 6.04 Å². The van der Waals surface area contributed by atoms with Gasteiger partial charge in [-0.3, -0.25) is 4.79 Å². The standard InChI is InChI=1S/C19H22N2O5/c1-12(20-13-4-6-15(23-2)17(10-13)24-3)19(22)21-14-5-7-16-18(11-14)26-9-8-25-16/h4-7,10-12,20H,8-9H2,1-3H3,(H,21,22)/t12-/m1/s1. The van der Waals surface area contributed by atoms with Crippen molar-refractivity contribution in [2.24, 2.45) is 0 Å². The van der Waals surface area contributed by atoms with Crippen LogP contribution in [0, 0.1) is 0 Å². The number of carbonyl (C=O) groups is 1. The predicted octanol–water partition coefficient (Wildman–Crippen LogP) is 2.91. The van der Waals surface area contributed by atoms with Crippen molar-refractivity contribution in [3.8, 4) is 23.0 Å². The number of hydrogen-bond donors (Lipinski definition) is 2. The zero-order valence-corrected chi connectivity index (χ0v) is 15.0. The van der Waals surface area contributed by atoms with Gasteiger partial charge < -0.3 is 29.6 Å². The smallest absolute Gasteiger partial charge is 0.246 e. The molecule has 1 amide bonds. The van der Waals surface area contributed by atoms with E-state index in [-0.39, 0.29) is 5.91 Å². The number of anilines is 2. The minimum atomic E-state index is -0.457. The van der Waals surface area contributed by atoms with E-state index in [1.54, 1.807) is 51.5 Å². The first-order chi connectivity index (χ1) is 12.6. The molecule has 0 fully saturated rings. The van der Waals surface area contributed by atoms with Crippen LogP contribution in [0.1, 0.15) is 6.92 Å². The van der Waals surface area contributed by atoms with Gasteiger partial charge in [0.1, 0.15) is 19.3 Å². The van der Waals surface area contributed by atoms with Crippen LogP contribution in [0.25, 0.3) is 0 Å². The van der Waals surface area contributed by atoms with E-state index in [4.69, 9.17) is 18.9 Å². The summed E-state index contributed by atoms with van der Waals surface area (Å²) in [5, 5.41) is 6.02. The Morgan fingerprint density at radius 2 is 1.65 bits per heavy atom. The van der Waals surface area contributed by atoms with Crippen LogP contribution in [-0.4, -0.2) is 39.4 Å². The highest BCUT2D eigenvalue weighted by atomic mass is 16.6. The Morgan fingerprint density at radius 1 is 0.962 bits per heavy atom. The quantitative estimate of drug-likeness (QED) is 0.827. The Kier molecular flexibility index (Phi) is 5.36. The average Bonchev–Trinajstić information content (AvgIpc) is 2.67. The molecule has 26 heavy (non-hydrogen) atoms. The summed E-state index contributed by atoms with van der Waals surface area (Å²) >= 11 is 0. The predicted molar refractivity (Wildman–Crippen MR) is 98.7 cm³/mol. The van der Waals surface area contributed by atoms with E-state index in [0.29, 0.717) is 41.9 Å². The molecule has 0 radical (unpaired) electrons. The first-order valence-corrected chi connectivity index (χ1v) is 8.30. The monoisotopic (exact) mass is 358 g/mol. The molecule has 0 bridgehead atoms. The highest BCUT2D eigenvalue weighted by Gasteiger charge is 2.16. The van der Waals surface area contributed by atoms with Crippen LogP contribution >= 0.6 is 0 Å². The molecule has 138 valence electrons. The first-order valence-electron chi connectivity index (χ1n) is 8.30. The largest absolute Gasteiger partial charge is 0.493 e. The Labute approximate surface area is 152 Å². The number of carbonyl (C=O) groups excluding carboxylic acids is 1. The number of ether oxygens (including phenoxy) is 4. The number of benzene rings is 2. The van der Waals surface area contributed by atoms with Crippen molar-refractivity contribution in [2.75, 3.05) is 38.1 Å². The lowest BCUT2D eigenvalue weighted by Gasteiger charge is -2.20. The fraction of sp³-hybridized carbons (Fsp3) is 0.316. The molecule has 1 heterocycles. The van der Waals surface area contributed by atoms with Crippen molar-refractivity contribution >= 4 is 17.3 Å². The van der Waals surface area contributed by atoms with E-state index in [9.17, 15) is 4.79 Å². The lowest BCUT2D eigenvalue weighted by molar-refractivity contribution is -0.116. The number of methoxy groups -OCH3 is 2. The maximum atomic E-state index is 12.5. The second-order valence-electron chi connectivity index (χ2n) is 5.78. The second kappa shape index (κ2) is 7.86. The van der Waals surface area contributed by atoms with Crippen molar-refractivity contribution < 1.29 is 23.7 Å². The van der Waals surface area contributed by atoms with Crippen molar-refractivity contribution in [3.05, 3.63) is 36.4 Å². The molecule has 0 spiro atoms. The van der Waals surface area contributed by atoms with Crippen LogP contribution in [-0.2, 0) is 4.79 Å². The topological polar surface area (TPSA) is 78.1 Å². The van der Waals surface area contributed by atoms with Gasteiger partial charge in [0.05, 0.1) is 14.2 Å². The zero-order chi connectivity index (χ0) is 18.5. The van der Waals surface area contributed by atoms with Gasteiger partial charge in [-0.15, -0.1) is 0 Å². The van der Waals surface area contributed by atoms with Gasteiger partial charge in [-0.05, 0) is 31.2 Å². The molecule has 1 atom stereocenters. The van der Waals surface area contributed by atoms with Crippen LogP contribution in [0.4, 0.5) is 11.4 Å². The van der Waals surface area contributed by atoms with Crippen molar-refractivity contribution in [2.45, 2.75) is 13.0 Å². The second-order valence-corrected chi connectivity index (χ2v) is 5.78. The molecular weight excluding hydrogens is 336 g/mol. The first kappa shape index (κ1) is 17.7. The molecule has 2 N–H and O–H groups in total. The van der Waals surface area contributed by atoms with Crippen molar-refractivity contribution in [1.29, 1.82) is 0 Å². The lowest BCUT2D eigenvalue weighted by Crippen LogP contribution is -2.31. The fourth-order valence-corrected chi connectivity index (χ4v) is 2.61. The van der Waals surface area contributed by atoms with E-state index >= 15 is 0 Å². The molecule has 1 aliphatic rings. The Balaban J connectivity index is 1.64. The fourth-order valence-electron chi connectivity index (χ4n) is 2.61. The summed E-state index contributed by atoms with van der Waals surface area (Å²) in [7, 11) is 3.15. The lowest BCUT2D eigenvalue weighted by atomic mass is 10.2. The van der Waals surface area contributed by atoms with Crippen LogP contribution in [0.15, 0.2) is 36.4 Å². The van der Waals surface area contributed by atoms with Gasteiger partial charge in [0.25, 0.3) is 0 Å². The summed E-state index contributed by atoms with van der Waals surface area (Å²) < 4.78 is 21.5. The van der Waals surface area contributed by atoms with E-state index in [1.807, 2.05) is 6.07 Å². The van der Waals surface area contributed by atoms with Gasteiger partial charge in [-0.1, -0.05) is 0 Å². The van der Waals surface area contributed by atoms with Crippen LogP contribution in [0.3, 0.4) is 0 Å². The highest BCUT2D eigenvalue weighted by Crippen LogP contribution is 2.33. The number of nitrogens with one attached hydrogen (secondary N) is 2. The van der Waals surface area contributed by atoms with E-state index in [1.165, 1.54) is 0 Å². The summed E-state index contributed by atoms with van der Waals surface area (Å²) in [6, 6.07) is 10.3. The van der Waals surface area contributed by atoms with Gasteiger partial charge in [-0.25, -0.2) is 0 Å². The van der Waals surface area contributed by atoms with E-state index in [0.717, 1.165) is 5.69 Å². The third-order valence-electron chi connectivity index (χ3n) is 3.97. The number of hydrogen-bond acceptors (Lipinski definition) is 6. The van der Waals surface area contributed by atoms with Crippen molar-refractivity contribution in [3.63, 3.8) is 0 Å². The minimum Gasteiger partial charge on any atom is -0.493 e. The van der Waals surface area contributed by atoms with Crippen molar-refractivity contribution in [1.82, 2.24) is 0 Å². The zero-order valence-electron chi connectivity index (χ0n) is 15.0. The highest BCUT2D eigenvalue weighted by molar-refractivity contribution is 5.96. The van der Waals surface area contributed by atoms with E-state index in [2.05, 4.69) is 10.6 Å². The molecule has 2 aromatic rings. The molecule has 7 heteroatoms. The SMILES string of the molecule is COc1ccc(N[C@H](C)C(=O)Nc2ccc3c(c2)OCCO3)cc1OC. The maximum Gasteiger partial charge on any atom is 0.246 e. The van der Waals surface area contributed by atoms with Gasteiger partial charge in [0, 0.05) is 23.5 Å². The number of amides is 1. The minimum absolute atomic E-state index is 0.170. The third kappa shape index (κ3) is 3.93. The Morgan fingerprint density at radius 3 is 2.38 bits per heavy atom. The molecule has 0 aromatic heterocycles. The van der Waals surface area contributed by atoms with Gasteiger partial charge in [0.2, 0.25) is 5.91 Å².